The SMILES string of the molecule is CC(C)CC(C)NC(=O)c1ccc(N2CCN(C(=O)c3cccc4ccccc34)CC2)nc1. The van der Waals surface area contributed by atoms with Gasteiger partial charge >= 0.3 is 0 Å². The van der Waals surface area contributed by atoms with Crippen molar-refractivity contribution in [3.05, 3.63) is 71.9 Å². The Bertz CT molecular complexity index is 1110. The molecule has 1 fully saturated rings. The molecule has 0 bridgehead atoms. The number of hydrogen-bond acceptors (Lipinski definition) is 4. The van der Waals surface area contributed by atoms with Crippen LogP contribution in [0.4, 0.5) is 5.82 Å². The molecule has 0 radical (unpaired) electrons. The summed E-state index contributed by atoms with van der Waals surface area (Å²) in [5.74, 6) is 1.35. The number of carbonyl (C=O) groups excluding carboxylic acids is 2. The van der Waals surface area contributed by atoms with Gasteiger partial charge in [0.25, 0.3) is 11.8 Å². The Hall–Kier alpha value is -3.41. The van der Waals surface area contributed by atoms with Crippen LogP contribution in [-0.4, -0.2) is 53.9 Å². The van der Waals surface area contributed by atoms with Crippen LogP contribution in [0.25, 0.3) is 10.8 Å². The van der Waals surface area contributed by atoms with Gasteiger partial charge in [-0.15, -0.1) is 0 Å². The molecular weight excluding hydrogens is 412 g/mol. The smallest absolute Gasteiger partial charge is 0.254 e. The first-order chi connectivity index (χ1) is 15.9. The summed E-state index contributed by atoms with van der Waals surface area (Å²) < 4.78 is 0. The summed E-state index contributed by atoms with van der Waals surface area (Å²) in [5.41, 5.74) is 1.32. The molecule has 1 unspecified atom stereocenters. The van der Waals surface area contributed by atoms with Gasteiger partial charge in [0, 0.05) is 44.0 Å². The fourth-order valence-electron chi connectivity index (χ4n) is 4.50. The quantitative estimate of drug-likeness (QED) is 0.613. The number of benzene rings is 2. The number of anilines is 1. The van der Waals surface area contributed by atoms with Crippen molar-refractivity contribution >= 4 is 28.4 Å². The van der Waals surface area contributed by atoms with E-state index in [1.807, 2.05) is 66.4 Å². The third-order valence-corrected chi connectivity index (χ3v) is 6.12. The maximum Gasteiger partial charge on any atom is 0.254 e. The Balaban J connectivity index is 1.36. The van der Waals surface area contributed by atoms with E-state index < -0.39 is 0 Å². The minimum atomic E-state index is -0.0901. The highest BCUT2D eigenvalue weighted by atomic mass is 16.2. The lowest BCUT2D eigenvalue weighted by molar-refractivity contribution is 0.0748. The number of piperazine rings is 1. The Kier molecular flexibility index (Phi) is 6.92. The van der Waals surface area contributed by atoms with Crippen molar-refractivity contribution in [3.8, 4) is 0 Å². The molecule has 0 saturated carbocycles. The Morgan fingerprint density at radius 3 is 2.36 bits per heavy atom. The number of amides is 2. The summed E-state index contributed by atoms with van der Waals surface area (Å²) in [5, 5.41) is 5.11. The number of fused-ring (bicyclic) bond motifs is 1. The lowest BCUT2D eigenvalue weighted by Gasteiger charge is -2.35. The third kappa shape index (κ3) is 5.33. The molecule has 33 heavy (non-hydrogen) atoms. The summed E-state index contributed by atoms with van der Waals surface area (Å²) in [6, 6.07) is 17.7. The molecular formula is C27H32N4O2. The molecule has 172 valence electrons. The maximum atomic E-state index is 13.2. The highest BCUT2D eigenvalue weighted by Gasteiger charge is 2.24. The van der Waals surface area contributed by atoms with E-state index in [9.17, 15) is 9.59 Å². The van der Waals surface area contributed by atoms with Crippen LogP contribution in [0.3, 0.4) is 0 Å². The first kappa shape index (κ1) is 22.8. The molecule has 0 spiro atoms. The molecule has 1 aliphatic rings. The first-order valence-electron chi connectivity index (χ1n) is 11.7. The minimum Gasteiger partial charge on any atom is -0.353 e. The van der Waals surface area contributed by atoms with Gasteiger partial charge in [0.15, 0.2) is 0 Å². The summed E-state index contributed by atoms with van der Waals surface area (Å²) >= 11 is 0. The van der Waals surface area contributed by atoms with Crippen LogP contribution in [0.15, 0.2) is 60.8 Å². The van der Waals surface area contributed by atoms with E-state index in [-0.39, 0.29) is 17.9 Å². The second kappa shape index (κ2) is 10.0. The van der Waals surface area contributed by atoms with Crippen LogP contribution >= 0.6 is 0 Å². The van der Waals surface area contributed by atoms with Gasteiger partial charge in [0.2, 0.25) is 0 Å². The van der Waals surface area contributed by atoms with Crippen molar-refractivity contribution in [1.82, 2.24) is 15.2 Å². The van der Waals surface area contributed by atoms with Crippen LogP contribution in [-0.2, 0) is 0 Å². The number of rotatable bonds is 6. The number of hydrogen-bond donors (Lipinski definition) is 1. The molecule has 1 atom stereocenters. The molecule has 6 heteroatoms. The lowest BCUT2D eigenvalue weighted by Crippen LogP contribution is -2.49. The zero-order valence-corrected chi connectivity index (χ0v) is 19.6. The van der Waals surface area contributed by atoms with Crippen LogP contribution in [0.5, 0.6) is 0 Å². The van der Waals surface area contributed by atoms with Crippen molar-refractivity contribution < 1.29 is 9.59 Å². The zero-order chi connectivity index (χ0) is 23.4. The summed E-state index contributed by atoms with van der Waals surface area (Å²) in [6.45, 7) is 9.01. The van der Waals surface area contributed by atoms with Gasteiger partial charge < -0.3 is 15.1 Å². The van der Waals surface area contributed by atoms with Gasteiger partial charge in [-0.1, -0.05) is 50.2 Å². The maximum absolute atomic E-state index is 13.2. The molecule has 0 aliphatic carbocycles. The Morgan fingerprint density at radius 1 is 0.939 bits per heavy atom. The van der Waals surface area contributed by atoms with E-state index in [2.05, 4.69) is 29.0 Å². The van der Waals surface area contributed by atoms with E-state index >= 15 is 0 Å². The largest absolute Gasteiger partial charge is 0.353 e. The van der Waals surface area contributed by atoms with E-state index in [0.717, 1.165) is 28.6 Å². The predicted molar refractivity (Wildman–Crippen MR) is 133 cm³/mol. The molecule has 2 aromatic carbocycles. The average molecular weight is 445 g/mol. The molecule has 2 heterocycles. The molecule has 1 aromatic heterocycles. The number of aromatic nitrogens is 1. The monoisotopic (exact) mass is 444 g/mol. The van der Waals surface area contributed by atoms with Crippen molar-refractivity contribution in [2.24, 2.45) is 5.92 Å². The van der Waals surface area contributed by atoms with Crippen LogP contribution in [0.1, 0.15) is 47.9 Å². The van der Waals surface area contributed by atoms with Gasteiger partial charge in [-0.3, -0.25) is 9.59 Å². The second-order valence-corrected chi connectivity index (χ2v) is 9.22. The van der Waals surface area contributed by atoms with E-state index in [1.165, 1.54) is 0 Å². The minimum absolute atomic E-state index is 0.0712. The standard InChI is InChI=1S/C27H32N4O2/c1-19(2)17-20(3)29-26(32)22-11-12-25(28-18-22)30-13-15-31(16-14-30)27(33)24-10-6-8-21-7-4-5-9-23(21)24/h4-12,18-20H,13-17H2,1-3H3,(H,29,32). The summed E-state index contributed by atoms with van der Waals surface area (Å²) in [4.78, 5) is 34.2. The van der Waals surface area contributed by atoms with Crippen molar-refractivity contribution in [2.75, 3.05) is 31.1 Å². The van der Waals surface area contributed by atoms with Crippen LogP contribution in [0, 0.1) is 5.92 Å². The fourth-order valence-corrected chi connectivity index (χ4v) is 4.50. The van der Waals surface area contributed by atoms with Crippen LogP contribution < -0.4 is 10.2 Å². The fraction of sp³-hybridized carbons (Fsp3) is 0.370. The second-order valence-electron chi connectivity index (χ2n) is 9.22. The number of pyridine rings is 1. The lowest BCUT2D eigenvalue weighted by atomic mass is 10.0. The summed E-state index contributed by atoms with van der Waals surface area (Å²) in [7, 11) is 0. The average Bonchev–Trinajstić information content (AvgIpc) is 2.83. The Morgan fingerprint density at radius 2 is 1.67 bits per heavy atom. The van der Waals surface area contributed by atoms with E-state index in [1.54, 1.807) is 6.20 Å². The molecule has 4 rings (SSSR count). The molecule has 3 aromatic rings. The highest BCUT2D eigenvalue weighted by molar-refractivity contribution is 6.07. The third-order valence-electron chi connectivity index (χ3n) is 6.12. The molecule has 2 amide bonds. The Labute approximate surface area is 195 Å². The van der Waals surface area contributed by atoms with Crippen molar-refractivity contribution in [1.29, 1.82) is 0 Å². The molecule has 6 nitrogen and oxygen atoms in total. The van der Waals surface area contributed by atoms with Gasteiger partial charge in [-0.2, -0.15) is 0 Å². The topological polar surface area (TPSA) is 65.5 Å². The first-order valence-corrected chi connectivity index (χ1v) is 11.7. The molecule has 1 aliphatic heterocycles. The van der Waals surface area contributed by atoms with Gasteiger partial charge in [-0.05, 0) is 48.2 Å². The van der Waals surface area contributed by atoms with Gasteiger partial charge in [-0.25, -0.2) is 4.98 Å². The number of nitrogens with one attached hydrogen (secondary N) is 1. The van der Waals surface area contributed by atoms with Gasteiger partial charge in [0.1, 0.15) is 5.82 Å². The normalized spacial score (nSPS) is 15.0. The van der Waals surface area contributed by atoms with Gasteiger partial charge in [0.05, 0.1) is 5.56 Å². The summed E-state index contributed by atoms with van der Waals surface area (Å²) in [6.07, 6.45) is 2.58. The van der Waals surface area contributed by atoms with Crippen LogP contribution in [0.2, 0.25) is 0 Å². The zero-order valence-electron chi connectivity index (χ0n) is 19.6. The van der Waals surface area contributed by atoms with Crippen molar-refractivity contribution in [3.63, 3.8) is 0 Å². The highest BCUT2D eigenvalue weighted by Crippen LogP contribution is 2.22. The number of nitrogens with zero attached hydrogens (tertiary/aromatic N) is 3. The van der Waals surface area contributed by atoms with Crippen molar-refractivity contribution in [2.45, 2.75) is 33.2 Å². The van der Waals surface area contributed by atoms with E-state index in [4.69, 9.17) is 0 Å². The van der Waals surface area contributed by atoms with E-state index in [0.29, 0.717) is 37.7 Å². The number of carbonyl (C=O) groups is 2. The molecule has 1 N–H and O–H groups in total. The molecule has 1 saturated heterocycles. The predicted octanol–water partition coefficient (Wildman–Crippen LogP) is 4.36.